The highest BCUT2D eigenvalue weighted by atomic mass is 35.5. The number of hydrogen-bond acceptors (Lipinski definition) is 3. The summed E-state index contributed by atoms with van der Waals surface area (Å²) in [5, 5.41) is 0. The fourth-order valence-corrected chi connectivity index (χ4v) is 2.67. The first-order chi connectivity index (χ1) is 8.95. The first kappa shape index (κ1) is 20.2. The Hall–Kier alpha value is -0.780. The number of rotatable bonds is 3. The van der Waals surface area contributed by atoms with Gasteiger partial charge in [-0.25, -0.2) is 4.98 Å². The molecule has 1 aromatic heterocycles. The van der Waals surface area contributed by atoms with Crippen LogP contribution < -0.4 is 5.73 Å². The smallest absolute Gasteiger partial charge is 0.227 e. The largest absolute Gasteiger partial charge is 0.336 e. The lowest BCUT2D eigenvalue weighted by atomic mass is 10.1. The van der Waals surface area contributed by atoms with Gasteiger partial charge in [0.1, 0.15) is 5.82 Å². The van der Waals surface area contributed by atoms with Gasteiger partial charge in [0.25, 0.3) is 0 Å². The highest BCUT2D eigenvalue weighted by Crippen LogP contribution is 2.23. The van der Waals surface area contributed by atoms with E-state index < -0.39 is 0 Å². The molecule has 0 spiro atoms. The van der Waals surface area contributed by atoms with Gasteiger partial charge in [-0.2, -0.15) is 0 Å². The monoisotopic (exact) mass is 336 g/mol. The standard InChI is InChI=1S/C14H24N4O.2ClH/c1-9(2)13-16-11-8-18(14(19)10(3)7-15)6-5-12(11)17(13)4;;/h9-10H,5-8,15H2,1-4H3;2*1H. The second-order valence-electron chi connectivity index (χ2n) is 5.72. The minimum atomic E-state index is -0.102. The van der Waals surface area contributed by atoms with Crippen LogP contribution in [-0.4, -0.2) is 33.4 Å². The molecule has 1 amide bonds. The Morgan fingerprint density at radius 3 is 2.48 bits per heavy atom. The molecule has 2 N–H and O–H groups in total. The third-order valence-electron chi connectivity index (χ3n) is 3.89. The van der Waals surface area contributed by atoms with E-state index in [0.29, 0.717) is 19.0 Å². The van der Waals surface area contributed by atoms with E-state index in [4.69, 9.17) is 10.7 Å². The molecule has 21 heavy (non-hydrogen) atoms. The maximum atomic E-state index is 12.2. The van der Waals surface area contributed by atoms with Gasteiger partial charge in [-0.15, -0.1) is 24.8 Å². The minimum absolute atomic E-state index is 0. The molecule has 2 heterocycles. The van der Waals surface area contributed by atoms with E-state index in [1.807, 2.05) is 11.8 Å². The van der Waals surface area contributed by atoms with Gasteiger partial charge in [0, 0.05) is 44.1 Å². The zero-order valence-corrected chi connectivity index (χ0v) is 14.8. The number of amides is 1. The van der Waals surface area contributed by atoms with Crippen molar-refractivity contribution in [2.45, 2.75) is 39.7 Å². The SMILES string of the molecule is CC(CN)C(=O)N1CCc2c(nc(C(C)C)n2C)C1.Cl.Cl. The Kier molecular flexibility index (Phi) is 7.71. The molecule has 0 radical (unpaired) electrons. The number of imidazole rings is 1. The maximum Gasteiger partial charge on any atom is 0.227 e. The molecule has 0 aliphatic carbocycles. The Bertz CT molecular complexity index is 488. The zero-order valence-electron chi connectivity index (χ0n) is 13.1. The van der Waals surface area contributed by atoms with Gasteiger partial charge < -0.3 is 15.2 Å². The van der Waals surface area contributed by atoms with Crippen LogP contribution in [0.1, 0.15) is 43.9 Å². The summed E-state index contributed by atoms with van der Waals surface area (Å²) in [6, 6.07) is 0. The van der Waals surface area contributed by atoms with Gasteiger partial charge >= 0.3 is 0 Å². The number of hydrogen-bond donors (Lipinski definition) is 1. The van der Waals surface area contributed by atoms with Crippen LogP contribution in [0, 0.1) is 5.92 Å². The number of carbonyl (C=O) groups excluding carboxylic acids is 1. The molecule has 2 rings (SSSR count). The molecule has 122 valence electrons. The van der Waals surface area contributed by atoms with Crippen molar-refractivity contribution in [3.63, 3.8) is 0 Å². The Balaban J connectivity index is 0.00000200. The van der Waals surface area contributed by atoms with E-state index in [0.717, 1.165) is 24.5 Å². The molecule has 5 nitrogen and oxygen atoms in total. The van der Waals surface area contributed by atoms with Crippen molar-refractivity contribution in [1.82, 2.24) is 14.5 Å². The van der Waals surface area contributed by atoms with Crippen LogP contribution in [-0.2, 0) is 24.8 Å². The number of carbonyl (C=O) groups is 1. The quantitative estimate of drug-likeness (QED) is 0.916. The number of aromatic nitrogens is 2. The van der Waals surface area contributed by atoms with Crippen molar-refractivity contribution in [2.75, 3.05) is 13.1 Å². The lowest BCUT2D eigenvalue weighted by Crippen LogP contribution is -2.41. The third-order valence-corrected chi connectivity index (χ3v) is 3.89. The number of nitrogens with two attached hydrogens (primary N) is 1. The third kappa shape index (κ3) is 3.90. The molecular weight excluding hydrogens is 311 g/mol. The summed E-state index contributed by atoms with van der Waals surface area (Å²) in [5.74, 6) is 1.55. The zero-order chi connectivity index (χ0) is 14.2. The Morgan fingerprint density at radius 1 is 1.33 bits per heavy atom. The molecule has 0 bridgehead atoms. The normalized spacial score (nSPS) is 15.0. The summed E-state index contributed by atoms with van der Waals surface area (Å²) in [4.78, 5) is 18.8. The van der Waals surface area contributed by atoms with E-state index in [9.17, 15) is 4.79 Å². The topological polar surface area (TPSA) is 64.2 Å². The number of fused-ring (bicyclic) bond motifs is 1. The average molecular weight is 337 g/mol. The number of nitrogens with zero attached hydrogens (tertiary/aromatic N) is 3. The van der Waals surface area contributed by atoms with Crippen LogP contribution in [0.5, 0.6) is 0 Å². The van der Waals surface area contributed by atoms with Crippen LogP contribution in [0.15, 0.2) is 0 Å². The predicted molar refractivity (Wildman–Crippen MR) is 89.1 cm³/mol. The molecule has 1 atom stereocenters. The Morgan fingerprint density at radius 2 is 1.95 bits per heavy atom. The van der Waals surface area contributed by atoms with Crippen molar-refractivity contribution < 1.29 is 4.79 Å². The van der Waals surface area contributed by atoms with Crippen LogP contribution in [0.4, 0.5) is 0 Å². The lowest BCUT2D eigenvalue weighted by molar-refractivity contribution is -0.135. The highest BCUT2D eigenvalue weighted by Gasteiger charge is 2.27. The van der Waals surface area contributed by atoms with Crippen LogP contribution >= 0.6 is 24.8 Å². The van der Waals surface area contributed by atoms with Gasteiger partial charge in [-0.1, -0.05) is 20.8 Å². The van der Waals surface area contributed by atoms with Gasteiger partial charge in [0.15, 0.2) is 0 Å². The summed E-state index contributed by atoms with van der Waals surface area (Å²) >= 11 is 0. The molecule has 0 saturated carbocycles. The van der Waals surface area contributed by atoms with E-state index in [1.54, 1.807) is 0 Å². The van der Waals surface area contributed by atoms with Crippen molar-refractivity contribution in [3.8, 4) is 0 Å². The van der Waals surface area contributed by atoms with E-state index >= 15 is 0 Å². The fraction of sp³-hybridized carbons (Fsp3) is 0.714. The average Bonchev–Trinajstić information content (AvgIpc) is 2.74. The number of halogens is 2. The maximum absolute atomic E-state index is 12.2. The van der Waals surface area contributed by atoms with Gasteiger partial charge in [-0.05, 0) is 0 Å². The van der Waals surface area contributed by atoms with Gasteiger partial charge in [0.05, 0.1) is 12.2 Å². The van der Waals surface area contributed by atoms with Crippen LogP contribution in [0.25, 0.3) is 0 Å². The fourth-order valence-electron chi connectivity index (χ4n) is 2.67. The molecule has 1 aromatic rings. The van der Waals surface area contributed by atoms with Crippen LogP contribution in [0.2, 0.25) is 0 Å². The molecule has 1 aliphatic rings. The summed E-state index contributed by atoms with van der Waals surface area (Å²) in [5.41, 5.74) is 7.90. The molecule has 1 unspecified atom stereocenters. The summed E-state index contributed by atoms with van der Waals surface area (Å²) in [6.07, 6.45) is 0.884. The molecule has 0 saturated heterocycles. The summed E-state index contributed by atoms with van der Waals surface area (Å²) in [6.45, 7) is 7.98. The van der Waals surface area contributed by atoms with Gasteiger partial charge in [0.2, 0.25) is 5.91 Å². The summed E-state index contributed by atoms with van der Waals surface area (Å²) < 4.78 is 2.19. The Labute approximate surface area is 139 Å². The first-order valence-corrected chi connectivity index (χ1v) is 6.98. The molecular formula is C14H26Cl2N4O. The molecule has 0 fully saturated rings. The summed E-state index contributed by atoms with van der Waals surface area (Å²) in [7, 11) is 2.07. The van der Waals surface area contributed by atoms with Crippen molar-refractivity contribution in [1.29, 1.82) is 0 Å². The van der Waals surface area contributed by atoms with Crippen LogP contribution in [0.3, 0.4) is 0 Å². The van der Waals surface area contributed by atoms with E-state index in [-0.39, 0.29) is 36.6 Å². The van der Waals surface area contributed by atoms with E-state index in [1.165, 1.54) is 5.69 Å². The molecule has 7 heteroatoms. The highest BCUT2D eigenvalue weighted by molar-refractivity contribution is 5.85. The van der Waals surface area contributed by atoms with Crippen molar-refractivity contribution in [2.24, 2.45) is 18.7 Å². The van der Waals surface area contributed by atoms with Crippen molar-refractivity contribution in [3.05, 3.63) is 17.2 Å². The molecule has 1 aliphatic heterocycles. The second kappa shape index (κ2) is 8.01. The molecule has 0 aromatic carbocycles. The first-order valence-electron chi connectivity index (χ1n) is 6.98. The second-order valence-corrected chi connectivity index (χ2v) is 5.72. The lowest BCUT2D eigenvalue weighted by Gasteiger charge is -2.28. The minimum Gasteiger partial charge on any atom is -0.336 e. The van der Waals surface area contributed by atoms with E-state index in [2.05, 4.69) is 25.5 Å². The van der Waals surface area contributed by atoms with Gasteiger partial charge in [-0.3, -0.25) is 4.79 Å². The van der Waals surface area contributed by atoms with Crippen molar-refractivity contribution >= 4 is 30.7 Å². The predicted octanol–water partition coefficient (Wildman–Crippen LogP) is 1.87.